The standard InChI is InChI=1S/C11H17N3O2/c1-8(2)11-12-10(13-16-11)7-14-5-3-9(15)4-6-14/h8H,3-7H2,1-2H3. The summed E-state index contributed by atoms with van der Waals surface area (Å²) in [5.74, 6) is 2.03. The number of ketones is 1. The lowest BCUT2D eigenvalue weighted by Crippen LogP contribution is -2.33. The maximum atomic E-state index is 11.1. The van der Waals surface area contributed by atoms with Gasteiger partial charge in [-0.05, 0) is 0 Å². The zero-order valence-electron chi connectivity index (χ0n) is 9.77. The third-order valence-electron chi connectivity index (χ3n) is 2.76. The molecule has 2 rings (SSSR count). The van der Waals surface area contributed by atoms with Crippen LogP contribution in [0.1, 0.15) is 44.3 Å². The van der Waals surface area contributed by atoms with Crippen LogP contribution in [0.2, 0.25) is 0 Å². The lowest BCUT2D eigenvalue weighted by atomic mass is 10.1. The van der Waals surface area contributed by atoms with Gasteiger partial charge in [0.05, 0.1) is 6.54 Å². The Hall–Kier alpha value is -1.23. The van der Waals surface area contributed by atoms with Gasteiger partial charge in [0.1, 0.15) is 5.78 Å². The third kappa shape index (κ3) is 2.66. The van der Waals surface area contributed by atoms with Crippen molar-refractivity contribution in [2.45, 2.75) is 39.2 Å². The number of carbonyl (C=O) groups excluding carboxylic acids is 1. The van der Waals surface area contributed by atoms with Crippen LogP contribution in [0, 0.1) is 0 Å². The van der Waals surface area contributed by atoms with Crippen molar-refractivity contribution in [3.8, 4) is 0 Å². The number of rotatable bonds is 3. The summed E-state index contributed by atoms with van der Waals surface area (Å²) in [6.45, 7) is 6.35. The number of likely N-dealkylation sites (tertiary alicyclic amines) is 1. The zero-order valence-corrected chi connectivity index (χ0v) is 9.77. The Morgan fingerprint density at radius 3 is 2.62 bits per heavy atom. The van der Waals surface area contributed by atoms with Crippen LogP contribution in [-0.2, 0) is 11.3 Å². The maximum absolute atomic E-state index is 11.1. The molecule has 1 aromatic rings. The second-order valence-corrected chi connectivity index (χ2v) is 4.52. The number of hydrogen-bond acceptors (Lipinski definition) is 5. The molecule has 2 heterocycles. The van der Waals surface area contributed by atoms with E-state index in [1.54, 1.807) is 0 Å². The van der Waals surface area contributed by atoms with E-state index in [4.69, 9.17) is 4.52 Å². The van der Waals surface area contributed by atoms with Crippen LogP contribution in [-0.4, -0.2) is 33.9 Å². The number of aromatic nitrogens is 2. The van der Waals surface area contributed by atoms with E-state index in [1.807, 2.05) is 13.8 Å². The normalized spacial score (nSPS) is 18.3. The van der Waals surface area contributed by atoms with Crippen molar-refractivity contribution in [3.63, 3.8) is 0 Å². The highest BCUT2D eigenvalue weighted by atomic mass is 16.5. The van der Waals surface area contributed by atoms with E-state index in [2.05, 4.69) is 15.0 Å². The molecule has 0 amide bonds. The van der Waals surface area contributed by atoms with E-state index in [0.29, 0.717) is 31.1 Å². The van der Waals surface area contributed by atoms with Crippen LogP contribution in [0.5, 0.6) is 0 Å². The SMILES string of the molecule is CC(C)c1nc(CN2CCC(=O)CC2)no1. The lowest BCUT2D eigenvalue weighted by molar-refractivity contribution is -0.121. The Kier molecular flexibility index (Phi) is 3.33. The van der Waals surface area contributed by atoms with Crippen LogP contribution >= 0.6 is 0 Å². The fraction of sp³-hybridized carbons (Fsp3) is 0.727. The summed E-state index contributed by atoms with van der Waals surface area (Å²) >= 11 is 0. The first-order valence-electron chi connectivity index (χ1n) is 5.71. The van der Waals surface area contributed by atoms with Crippen molar-refractivity contribution in [1.82, 2.24) is 15.0 Å². The summed E-state index contributed by atoms with van der Waals surface area (Å²) in [7, 11) is 0. The predicted molar refractivity (Wildman–Crippen MR) is 57.9 cm³/mol. The van der Waals surface area contributed by atoms with Crippen molar-refractivity contribution in [2.24, 2.45) is 0 Å². The highest BCUT2D eigenvalue weighted by molar-refractivity contribution is 5.79. The summed E-state index contributed by atoms with van der Waals surface area (Å²) in [5, 5.41) is 3.94. The van der Waals surface area contributed by atoms with Gasteiger partial charge in [-0.1, -0.05) is 19.0 Å². The molecule has 0 unspecified atom stereocenters. The van der Waals surface area contributed by atoms with Crippen molar-refractivity contribution >= 4 is 5.78 Å². The molecule has 5 heteroatoms. The van der Waals surface area contributed by atoms with E-state index < -0.39 is 0 Å². The van der Waals surface area contributed by atoms with E-state index >= 15 is 0 Å². The van der Waals surface area contributed by atoms with Gasteiger partial charge in [-0.25, -0.2) is 0 Å². The molecule has 16 heavy (non-hydrogen) atoms. The van der Waals surface area contributed by atoms with Gasteiger partial charge in [0.25, 0.3) is 0 Å². The van der Waals surface area contributed by atoms with Gasteiger partial charge in [0.15, 0.2) is 5.82 Å². The first kappa shape index (κ1) is 11.3. The quantitative estimate of drug-likeness (QED) is 0.774. The molecule has 1 aromatic heterocycles. The average molecular weight is 223 g/mol. The maximum Gasteiger partial charge on any atom is 0.229 e. The summed E-state index contributed by atoms with van der Waals surface area (Å²) in [6, 6.07) is 0. The smallest absolute Gasteiger partial charge is 0.229 e. The highest BCUT2D eigenvalue weighted by Gasteiger charge is 2.18. The molecule has 0 bridgehead atoms. The Morgan fingerprint density at radius 1 is 1.38 bits per heavy atom. The Labute approximate surface area is 94.8 Å². The summed E-state index contributed by atoms with van der Waals surface area (Å²) in [4.78, 5) is 17.6. The van der Waals surface area contributed by atoms with Crippen LogP contribution in [0.3, 0.4) is 0 Å². The van der Waals surface area contributed by atoms with E-state index in [0.717, 1.165) is 18.9 Å². The molecular formula is C11H17N3O2. The highest BCUT2D eigenvalue weighted by Crippen LogP contribution is 2.13. The molecule has 0 aliphatic carbocycles. The minimum atomic E-state index is 0.268. The average Bonchev–Trinajstić information content (AvgIpc) is 2.70. The number of hydrogen-bond donors (Lipinski definition) is 0. The van der Waals surface area contributed by atoms with Gasteiger partial charge in [-0.2, -0.15) is 4.98 Å². The number of Topliss-reactive ketones (excluding diaryl/α,β-unsaturated/α-hetero) is 1. The lowest BCUT2D eigenvalue weighted by Gasteiger charge is -2.23. The largest absolute Gasteiger partial charge is 0.339 e. The number of nitrogens with zero attached hydrogens (tertiary/aromatic N) is 3. The first-order valence-corrected chi connectivity index (χ1v) is 5.71. The predicted octanol–water partition coefficient (Wildman–Crippen LogP) is 1.36. The molecule has 1 fully saturated rings. The molecule has 5 nitrogen and oxygen atoms in total. The monoisotopic (exact) mass is 223 g/mol. The zero-order chi connectivity index (χ0) is 11.5. The number of piperidine rings is 1. The van der Waals surface area contributed by atoms with Crippen LogP contribution in [0.4, 0.5) is 0 Å². The van der Waals surface area contributed by atoms with E-state index in [1.165, 1.54) is 0 Å². The van der Waals surface area contributed by atoms with E-state index in [-0.39, 0.29) is 5.92 Å². The molecule has 0 saturated carbocycles. The molecule has 0 atom stereocenters. The fourth-order valence-corrected chi connectivity index (χ4v) is 1.73. The van der Waals surface area contributed by atoms with Gasteiger partial charge in [0, 0.05) is 31.8 Å². The summed E-state index contributed by atoms with van der Waals surface area (Å²) < 4.78 is 5.13. The molecule has 0 N–H and O–H groups in total. The van der Waals surface area contributed by atoms with E-state index in [9.17, 15) is 4.79 Å². The second kappa shape index (κ2) is 4.74. The number of carbonyl (C=O) groups is 1. The van der Waals surface area contributed by atoms with Crippen molar-refractivity contribution in [3.05, 3.63) is 11.7 Å². The fourth-order valence-electron chi connectivity index (χ4n) is 1.73. The molecular weight excluding hydrogens is 206 g/mol. The molecule has 0 spiro atoms. The minimum absolute atomic E-state index is 0.268. The van der Waals surface area contributed by atoms with Gasteiger partial charge in [0.2, 0.25) is 5.89 Å². The van der Waals surface area contributed by atoms with Crippen molar-refractivity contribution in [2.75, 3.05) is 13.1 Å². The Bertz CT molecular complexity index is 363. The summed E-state index contributed by atoms with van der Waals surface area (Å²) in [5.41, 5.74) is 0. The Morgan fingerprint density at radius 2 is 2.06 bits per heavy atom. The van der Waals surface area contributed by atoms with Crippen molar-refractivity contribution in [1.29, 1.82) is 0 Å². The van der Waals surface area contributed by atoms with Gasteiger partial charge in [-0.3, -0.25) is 9.69 Å². The van der Waals surface area contributed by atoms with Crippen molar-refractivity contribution < 1.29 is 9.32 Å². The molecule has 88 valence electrons. The van der Waals surface area contributed by atoms with Crippen LogP contribution < -0.4 is 0 Å². The molecule has 0 aromatic carbocycles. The minimum Gasteiger partial charge on any atom is -0.339 e. The molecule has 1 aliphatic rings. The second-order valence-electron chi connectivity index (χ2n) is 4.52. The van der Waals surface area contributed by atoms with Crippen LogP contribution in [0.15, 0.2) is 4.52 Å². The Balaban J connectivity index is 1.91. The van der Waals surface area contributed by atoms with Crippen LogP contribution in [0.25, 0.3) is 0 Å². The third-order valence-corrected chi connectivity index (χ3v) is 2.76. The molecule has 0 radical (unpaired) electrons. The first-order chi connectivity index (χ1) is 7.65. The van der Waals surface area contributed by atoms with Gasteiger partial charge >= 0.3 is 0 Å². The molecule has 1 saturated heterocycles. The topological polar surface area (TPSA) is 59.2 Å². The van der Waals surface area contributed by atoms with Gasteiger partial charge in [-0.15, -0.1) is 0 Å². The molecule has 1 aliphatic heterocycles. The summed E-state index contributed by atoms with van der Waals surface area (Å²) in [6.07, 6.45) is 1.30. The van der Waals surface area contributed by atoms with Gasteiger partial charge < -0.3 is 4.52 Å².